The van der Waals surface area contributed by atoms with Gasteiger partial charge in [-0.1, -0.05) is 83.1 Å². The molecule has 0 bridgehead atoms. The maximum absolute atomic E-state index is 2.75. The molecule has 0 atom stereocenters. The first-order valence-electron chi connectivity index (χ1n) is 9.68. The van der Waals surface area contributed by atoms with E-state index < -0.39 is 28.3 Å². The normalized spacial score (nSPS) is 59.5. The van der Waals surface area contributed by atoms with Crippen LogP contribution in [0.15, 0.2) is 0 Å². The van der Waals surface area contributed by atoms with Crippen molar-refractivity contribution in [2.24, 2.45) is 0 Å². The van der Waals surface area contributed by atoms with Crippen molar-refractivity contribution in [3.63, 3.8) is 0 Å². The second-order valence-corrected chi connectivity index (χ2v) is 95.7. The van der Waals surface area contributed by atoms with E-state index in [1.54, 1.807) is 0 Å². The maximum Gasteiger partial charge on any atom is 0.121 e. The molecule has 6 aliphatic rings. The van der Waals surface area contributed by atoms with Crippen molar-refractivity contribution in [3.05, 3.63) is 0 Å². The number of hydrogen-bond donors (Lipinski definition) is 0. The summed E-state index contributed by atoms with van der Waals surface area (Å²) in [6, 6.07) is 0. The first-order valence-corrected chi connectivity index (χ1v) is 33.1. The summed E-state index contributed by atoms with van der Waals surface area (Å²) < 4.78 is 0. The van der Waals surface area contributed by atoms with E-state index in [2.05, 4.69) is 83.1 Å². The Morgan fingerprint density at radius 3 is 0.542 bits per heavy atom. The zero-order valence-corrected chi connectivity index (χ0v) is 25.4. The predicted octanol–water partition coefficient (Wildman–Crippen LogP) is 8.94. The molecule has 0 spiro atoms. The lowest BCUT2D eigenvalue weighted by Gasteiger charge is -3.22. The molecule has 0 N–H and O–H groups in total. The van der Waals surface area contributed by atoms with E-state index >= 15 is 0 Å². The van der Waals surface area contributed by atoms with Crippen LogP contribution in [0.25, 0.3) is 0 Å². The second kappa shape index (κ2) is 3.95. The molecule has 8 heteroatoms. The van der Waals surface area contributed by atoms with Gasteiger partial charge in [0.05, 0.1) is 0 Å². The molecule has 0 unspecified atom stereocenters. The zero-order valence-electron chi connectivity index (χ0n) is 17.8. The Morgan fingerprint density at radius 2 is 0.458 bits per heavy atom. The molecule has 6 fully saturated rings. The molecule has 0 amide bonds. The van der Waals surface area contributed by atoms with Crippen molar-refractivity contribution >= 4 is 54.6 Å². The van der Waals surface area contributed by atoms with Crippen molar-refractivity contribution in [3.8, 4) is 0 Å². The minimum absolute atomic E-state index is 0.719. The Balaban J connectivity index is 1.76. The van der Waals surface area contributed by atoms with Crippen molar-refractivity contribution in [1.82, 2.24) is 0 Å². The van der Waals surface area contributed by atoms with Gasteiger partial charge >= 0.3 is 0 Å². The van der Waals surface area contributed by atoms with Crippen LogP contribution in [-0.4, -0.2) is 28.3 Å². The van der Waals surface area contributed by atoms with Crippen LogP contribution >= 0.6 is 26.3 Å². The third-order valence-corrected chi connectivity index (χ3v) is 267. The summed E-state index contributed by atoms with van der Waals surface area (Å²) in [5, 5.41) is 3.23. The van der Waals surface area contributed by atoms with E-state index in [4.69, 9.17) is 0 Å². The van der Waals surface area contributed by atoms with E-state index in [0.29, 0.717) is 0 Å². The fourth-order valence-electron chi connectivity index (χ4n) is 7.57. The first-order chi connectivity index (χ1) is 10.5. The van der Waals surface area contributed by atoms with Crippen LogP contribution in [0.4, 0.5) is 0 Å². The van der Waals surface area contributed by atoms with Gasteiger partial charge in [0.1, 0.15) is 28.3 Å². The van der Waals surface area contributed by atoms with Crippen LogP contribution in [0.2, 0.25) is 20.2 Å². The molecular formula is C16H36P4Si4. The van der Waals surface area contributed by atoms with E-state index in [1.165, 1.54) is 0 Å². The van der Waals surface area contributed by atoms with Crippen molar-refractivity contribution < 1.29 is 0 Å². The lowest BCUT2D eigenvalue weighted by Crippen LogP contribution is -3.08. The molecule has 136 valence electrons. The molecule has 6 heterocycles. The SMILES string of the molecule is CC(C)(C)[Si]12P3[Si]4(C(C)(C)C)P1[Si]1(C(C)(C)C)P2[Si]3(C(C)(C)C)P41. The molecule has 0 saturated carbocycles. The Bertz CT molecular complexity index is 524. The summed E-state index contributed by atoms with van der Waals surface area (Å²) in [4.78, 5) is 0. The molecule has 0 aromatic carbocycles. The standard InChI is InChI=1S/C16H36P4Si4/c1-13(2,3)21-17-22(14(4,5)6)18(21)24(16(10,11)12)19(21)23(17,20(22)24)15(7,8)9/h1-12H3. The summed E-state index contributed by atoms with van der Waals surface area (Å²) in [6.45, 7) is 35.9. The van der Waals surface area contributed by atoms with Gasteiger partial charge < -0.3 is 0 Å². The summed E-state index contributed by atoms with van der Waals surface area (Å²) in [7, 11) is -3.05. The smallest absolute Gasteiger partial charge is 0.114 e. The average Bonchev–Trinajstić information content (AvgIpc) is 2.32. The van der Waals surface area contributed by atoms with Crippen molar-refractivity contribution in [2.75, 3.05) is 0 Å². The first kappa shape index (κ1) is 18.6. The van der Waals surface area contributed by atoms with Gasteiger partial charge in [0.15, 0.2) is 0 Å². The molecule has 0 radical (unpaired) electrons. The largest absolute Gasteiger partial charge is 0.121 e. The summed E-state index contributed by atoms with van der Waals surface area (Å²) >= 11 is 0. The van der Waals surface area contributed by atoms with Gasteiger partial charge in [-0.2, -0.15) is 0 Å². The van der Waals surface area contributed by atoms with Crippen LogP contribution < -0.4 is 0 Å². The second-order valence-electron chi connectivity index (χ2n) is 12.9. The molecule has 24 heavy (non-hydrogen) atoms. The van der Waals surface area contributed by atoms with Gasteiger partial charge in [-0.15, -0.1) is 26.3 Å². The van der Waals surface area contributed by atoms with E-state index in [-0.39, 0.29) is 0 Å². The molecule has 0 aromatic rings. The van der Waals surface area contributed by atoms with E-state index in [1.807, 2.05) is 0 Å². The van der Waals surface area contributed by atoms with Gasteiger partial charge in [-0.05, 0) is 20.2 Å². The van der Waals surface area contributed by atoms with Crippen LogP contribution in [0, 0.1) is 0 Å². The molecule has 0 aromatic heterocycles. The predicted molar refractivity (Wildman–Crippen MR) is 130 cm³/mol. The third kappa shape index (κ3) is 1.12. The van der Waals surface area contributed by atoms with E-state index in [9.17, 15) is 0 Å². The lowest BCUT2D eigenvalue weighted by molar-refractivity contribution is 0.728. The summed E-state index contributed by atoms with van der Waals surface area (Å²) in [6.07, 6.45) is 0. The monoisotopic (exact) mass is 464 g/mol. The van der Waals surface area contributed by atoms with E-state index in [0.717, 1.165) is 46.4 Å². The fourth-order valence-corrected chi connectivity index (χ4v) is 654. The molecule has 0 nitrogen and oxygen atoms in total. The highest BCUT2D eigenvalue weighted by atomic mass is 32.9. The highest BCUT2D eigenvalue weighted by Crippen LogP contribution is 3.49. The van der Waals surface area contributed by atoms with Crippen molar-refractivity contribution in [1.29, 1.82) is 0 Å². The Hall–Kier alpha value is 2.59. The number of rotatable bonds is 0. The zero-order chi connectivity index (χ0) is 18.3. The van der Waals surface area contributed by atoms with Crippen LogP contribution in [0.5, 0.6) is 0 Å². The summed E-state index contributed by atoms with van der Waals surface area (Å²) in [5.74, 6) is 0. The maximum atomic E-state index is 2.75. The highest BCUT2D eigenvalue weighted by molar-refractivity contribution is 9.46. The van der Waals surface area contributed by atoms with Gasteiger partial charge in [0.2, 0.25) is 0 Å². The number of hydrogen-bond acceptors (Lipinski definition) is 0. The molecular weight excluding hydrogens is 428 g/mol. The minimum atomic E-state index is -0.762. The van der Waals surface area contributed by atoms with Gasteiger partial charge in [0, 0.05) is 0 Å². The van der Waals surface area contributed by atoms with Crippen LogP contribution in [-0.2, 0) is 0 Å². The van der Waals surface area contributed by atoms with Crippen molar-refractivity contribution in [2.45, 2.75) is 103 Å². The Morgan fingerprint density at radius 1 is 0.333 bits per heavy atom. The molecule has 6 aliphatic heterocycles. The quantitative estimate of drug-likeness (QED) is 0.248. The Labute approximate surface area is 157 Å². The highest BCUT2D eigenvalue weighted by Gasteiger charge is 3.24. The fraction of sp³-hybridized carbons (Fsp3) is 1.00. The molecule has 6 saturated heterocycles. The topological polar surface area (TPSA) is 0 Å². The molecule has 6 rings (SSSR count). The van der Waals surface area contributed by atoms with Crippen LogP contribution in [0.1, 0.15) is 83.1 Å². The Kier molecular flexibility index (Phi) is 3.06. The van der Waals surface area contributed by atoms with Crippen LogP contribution in [0.3, 0.4) is 0 Å². The van der Waals surface area contributed by atoms with Gasteiger partial charge in [-0.25, -0.2) is 0 Å². The lowest BCUT2D eigenvalue weighted by atomic mass is 10.3. The molecule has 0 aliphatic carbocycles. The van der Waals surface area contributed by atoms with Gasteiger partial charge in [0.25, 0.3) is 0 Å². The summed E-state index contributed by atoms with van der Waals surface area (Å²) in [5.41, 5.74) is 0. The third-order valence-electron chi connectivity index (χ3n) is 7.77. The van der Waals surface area contributed by atoms with Gasteiger partial charge in [-0.3, -0.25) is 0 Å². The minimum Gasteiger partial charge on any atom is -0.114 e. The average molecular weight is 465 g/mol.